The van der Waals surface area contributed by atoms with Gasteiger partial charge in [0.1, 0.15) is 12.0 Å². The normalized spacial score (nSPS) is 11.7. The molecule has 0 spiro atoms. The minimum Gasteiger partial charge on any atom is -0.497 e. The highest BCUT2D eigenvalue weighted by Gasteiger charge is 2.05. The number of aldehydes is 1. The Morgan fingerprint density at radius 3 is 2.38 bits per heavy atom. The van der Waals surface area contributed by atoms with Crippen molar-refractivity contribution >= 4 is 6.29 Å². The molecule has 0 bridgehead atoms. The maximum Gasteiger partial charge on any atom is 0.127 e. The molecule has 2 nitrogen and oxygen atoms in total. The van der Waals surface area contributed by atoms with Crippen LogP contribution in [0.25, 0.3) is 0 Å². The molecule has 2 heteroatoms. The lowest BCUT2D eigenvalue weighted by atomic mass is 9.99. The van der Waals surface area contributed by atoms with Gasteiger partial charge in [0.15, 0.2) is 0 Å². The SMILES string of the molecule is COc1ccc(CC(C=O)C=C(C)C)cc1. The van der Waals surface area contributed by atoms with Crippen LogP contribution in [0.4, 0.5) is 0 Å². The summed E-state index contributed by atoms with van der Waals surface area (Å²) in [6.07, 6.45) is 3.74. The number of rotatable bonds is 5. The Kier molecular flexibility index (Phi) is 4.77. The molecule has 1 aromatic carbocycles. The van der Waals surface area contributed by atoms with Crippen molar-refractivity contribution in [2.24, 2.45) is 5.92 Å². The van der Waals surface area contributed by atoms with Gasteiger partial charge < -0.3 is 9.53 Å². The van der Waals surface area contributed by atoms with Gasteiger partial charge in [-0.05, 0) is 38.0 Å². The molecule has 16 heavy (non-hydrogen) atoms. The van der Waals surface area contributed by atoms with Gasteiger partial charge in [0.25, 0.3) is 0 Å². The van der Waals surface area contributed by atoms with E-state index in [1.807, 2.05) is 44.2 Å². The Morgan fingerprint density at radius 2 is 1.94 bits per heavy atom. The monoisotopic (exact) mass is 218 g/mol. The fraction of sp³-hybridized carbons (Fsp3) is 0.357. The molecule has 0 aliphatic heterocycles. The molecule has 1 aromatic rings. The molecule has 1 unspecified atom stereocenters. The zero-order valence-electron chi connectivity index (χ0n) is 10.1. The zero-order valence-corrected chi connectivity index (χ0v) is 10.1. The number of carbonyl (C=O) groups is 1. The van der Waals surface area contributed by atoms with Gasteiger partial charge in [0.05, 0.1) is 7.11 Å². The lowest BCUT2D eigenvalue weighted by Crippen LogP contribution is -2.03. The first kappa shape index (κ1) is 12.5. The van der Waals surface area contributed by atoms with E-state index in [-0.39, 0.29) is 5.92 Å². The van der Waals surface area contributed by atoms with E-state index in [2.05, 4.69) is 0 Å². The number of ether oxygens (including phenoxy) is 1. The molecule has 86 valence electrons. The Balaban J connectivity index is 2.70. The number of allylic oxidation sites excluding steroid dienone is 2. The fourth-order valence-corrected chi connectivity index (χ4v) is 1.61. The second-order valence-corrected chi connectivity index (χ2v) is 4.10. The second-order valence-electron chi connectivity index (χ2n) is 4.10. The lowest BCUT2D eigenvalue weighted by Gasteiger charge is -2.07. The Morgan fingerprint density at radius 1 is 1.31 bits per heavy atom. The average Bonchev–Trinajstić information content (AvgIpc) is 2.28. The summed E-state index contributed by atoms with van der Waals surface area (Å²) in [5.41, 5.74) is 2.32. The molecule has 0 heterocycles. The number of hydrogen-bond acceptors (Lipinski definition) is 2. The third kappa shape index (κ3) is 3.89. The van der Waals surface area contributed by atoms with E-state index in [1.54, 1.807) is 7.11 Å². The minimum atomic E-state index is -0.0293. The Labute approximate surface area is 96.9 Å². The molecule has 0 aromatic heterocycles. The van der Waals surface area contributed by atoms with Gasteiger partial charge in [-0.3, -0.25) is 0 Å². The van der Waals surface area contributed by atoms with Crippen LogP contribution in [-0.4, -0.2) is 13.4 Å². The smallest absolute Gasteiger partial charge is 0.127 e. The first-order valence-corrected chi connectivity index (χ1v) is 5.39. The molecule has 0 aliphatic rings. The van der Waals surface area contributed by atoms with Crippen LogP contribution in [0.5, 0.6) is 5.75 Å². The van der Waals surface area contributed by atoms with Crippen LogP contribution in [0.15, 0.2) is 35.9 Å². The first-order valence-electron chi connectivity index (χ1n) is 5.39. The molecular formula is C14H18O2. The maximum absolute atomic E-state index is 10.9. The number of hydrogen-bond donors (Lipinski definition) is 0. The molecule has 0 amide bonds. The van der Waals surface area contributed by atoms with Crippen molar-refractivity contribution in [1.29, 1.82) is 0 Å². The summed E-state index contributed by atoms with van der Waals surface area (Å²) in [7, 11) is 1.65. The van der Waals surface area contributed by atoms with Gasteiger partial charge in [-0.25, -0.2) is 0 Å². The van der Waals surface area contributed by atoms with Gasteiger partial charge in [0.2, 0.25) is 0 Å². The van der Waals surface area contributed by atoms with Crippen LogP contribution >= 0.6 is 0 Å². The molecule has 0 saturated heterocycles. The predicted molar refractivity (Wildman–Crippen MR) is 65.7 cm³/mol. The van der Waals surface area contributed by atoms with Crippen molar-refractivity contribution < 1.29 is 9.53 Å². The fourth-order valence-electron chi connectivity index (χ4n) is 1.61. The van der Waals surface area contributed by atoms with Gasteiger partial charge in [-0.1, -0.05) is 23.8 Å². The topological polar surface area (TPSA) is 26.3 Å². The van der Waals surface area contributed by atoms with Gasteiger partial charge >= 0.3 is 0 Å². The van der Waals surface area contributed by atoms with E-state index < -0.39 is 0 Å². The van der Waals surface area contributed by atoms with E-state index in [1.165, 1.54) is 5.57 Å². The number of methoxy groups -OCH3 is 1. The third-order valence-corrected chi connectivity index (χ3v) is 2.35. The molecule has 0 saturated carbocycles. The van der Waals surface area contributed by atoms with E-state index >= 15 is 0 Å². The third-order valence-electron chi connectivity index (χ3n) is 2.35. The highest BCUT2D eigenvalue weighted by Crippen LogP contribution is 2.15. The molecule has 1 rings (SSSR count). The Bertz CT molecular complexity index is 359. The first-order chi connectivity index (χ1) is 7.65. The van der Waals surface area contributed by atoms with Crippen LogP contribution in [0.3, 0.4) is 0 Å². The molecule has 0 aliphatic carbocycles. The van der Waals surface area contributed by atoms with Crippen molar-refractivity contribution in [1.82, 2.24) is 0 Å². The van der Waals surface area contributed by atoms with Crippen molar-refractivity contribution in [2.45, 2.75) is 20.3 Å². The highest BCUT2D eigenvalue weighted by molar-refractivity contribution is 5.57. The molecule has 0 fully saturated rings. The summed E-state index contributed by atoms with van der Waals surface area (Å²) in [6.45, 7) is 4.01. The average molecular weight is 218 g/mol. The van der Waals surface area contributed by atoms with Crippen molar-refractivity contribution in [2.75, 3.05) is 7.11 Å². The van der Waals surface area contributed by atoms with Crippen LogP contribution < -0.4 is 4.74 Å². The molecular weight excluding hydrogens is 200 g/mol. The van der Waals surface area contributed by atoms with E-state index in [4.69, 9.17) is 4.74 Å². The van der Waals surface area contributed by atoms with E-state index in [0.29, 0.717) is 0 Å². The van der Waals surface area contributed by atoms with Gasteiger partial charge in [-0.2, -0.15) is 0 Å². The van der Waals surface area contributed by atoms with E-state index in [9.17, 15) is 4.79 Å². The quantitative estimate of drug-likeness (QED) is 0.561. The van der Waals surface area contributed by atoms with Crippen LogP contribution in [-0.2, 0) is 11.2 Å². The summed E-state index contributed by atoms with van der Waals surface area (Å²) in [5.74, 6) is 0.812. The minimum absolute atomic E-state index is 0.0293. The summed E-state index contributed by atoms with van der Waals surface area (Å²) in [6, 6.07) is 7.82. The van der Waals surface area contributed by atoms with Crippen LogP contribution in [0, 0.1) is 5.92 Å². The standard InChI is InChI=1S/C14H18O2/c1-11(2)8-13(10-15)9-12-4-6-14(16-3)7-5-12/h4-8,10,13H,9H2,1-3H3. The van der Waals surface area contributed by atoms with Crippen molar-refractivity contribution in [3.8, 4) is 5.75 Å². The largest absolute Gasteiger partial charge is 0.497 e. The van der Waals surface area contributed by atoms with Crippen LogP contribution in [0.2, 0.25) is 0 Å². The molecule has 0 N–H and O–H groups in total. The molecule has 0 radical (unpaired) electrons. The zero-order chi connectivity index (χ0) is 12.0. The molecule has 1 atom stereocenters. The number of benzene rings is 1. The summed E-state index contributed by atoms with van der Waals surface area (Å²) >= 11 is 0. The van der Waals surface area contributed by atoms with Crippen LogP contribution in [0.1, 0.15) is 19.4 Å². The second kappa shape index (κ2) is 6.11. The Hall–Kier alpha value is -1.57. The lowest BCUT2D eigenvalue weighted by molar-refractivity contribution is -0.109. The highest BCUT2D eigenvalue weighted by atomic mass is 16.5. The van der Waals surface area contributed by atoms with E-state index in [0.717, 1.165) is 24.0 Å². The summed E-state index contributed by atoms with van der Waals surface area (Å²) in [5, 5.41) is 0. The predicted octanol–water partition coefficient (Wildman–Crippen LogP) is 3.02. The van der Waals surface area contributed by atoms with Crippen molar-refractivity contribution in [3.63, 3.8) is 0 Å². The van der Waals surface area contributed by atoms with Crippen molar-refractivity contribution in [3.05, 3.63) is 41.5 Å². The summed E-state index contributed by atoms with van der Waals surface area (Å²) < 4.78 is 5.08. The van der Waals surface area contributed by atoms with Gasteiger partial charge in [0, 0.05) is 5.92 Å². The van der Waals surface area contributed by atoms with Gasteiger partial charge in [-0.15, -0.1) is 0 Å². The maximum atomic E-state index is 10.9. The number of carbonyl (C=O) groups excluding carboxylic acids is 1. The summed E-state index contributed by atoms with van der Waals surface area (Å²) in [4.78, 5) is 10.9.